The van der Waals surface area contributed by atoms with Crippen molar-refractivity contribution in [3.63, 3.8) is 0 Å². The molecule has 23 heavy (non-hydrogen) atoms. The zero-order valence-corrected chi connectivity index (χ0v) is 13.3. The molecular formula is C16H14N6S. The maximum atomic E-state index is 4.45. The Morgan fingerprint density at radius 3 is 2.96 bits per heavy atom. The molecule has 0 spiro atoms. The van der Waals surface area contributed by atoms with Crippen LogP contribution in [0.2, 0.25) is 0 Å². The number of nitrogens with zero attached hydrogens (tertiary/aromatic N) is 5. The van der Waals surface area contributed by atoms with E-state index in [1.54, 1.807) is 30.2 Å². The first-order chi connectivity index (χ1) is 11.3. The Morgan fingerprint density at radius 2 is 2.17 bits per heavy atom. The molecule has 0 amide bonds. The summed E-state index contributed by atoms with van der Waals surface area (Å²) < 4.78 is 1.87. The summed E-state index contributed by atoms with van der Waals surface area (Å²) in [5.41, 5.74) is 1.09. The number of anilines is 1. The maximum Gasteiger partial charge on any atom is 0.138 e. The minimum Gasteiger partial charge on any atom is -0.365 e. The normalized spacial score (nSPS) is 11.0. The fraction of sp³-hybridized carbons (Fsp3) is 0.125. The fourth-order valence-electron chi connectivity index (χ4n) is 2.37. The minimum absolute atomic E-state index is 0.665. The van der Waals surface area contributed by atoms with Crippen molar-refractivity contribution in [3.05, 3.63) is 59.9 Å². The van der Waals surface area contributed by atoms with Crippen LogP contribution in [0.25, 0.3) is 16.0 Å². The van der Waals surface area contributed by atoms with Crippen molar-refractivity contribution in [2.75, 3.05) is 5.32 Å². The van der Waals surface area contributed by atoms with E-state index in [0.29, 0.717) is 6.54 Å². The van der Waals surface area contributed by atoms with Crippen molar-refractivity contribution < 1.29 is 0 Å². The smallest absolute Gasteiger partial charge is 0.138 e. The van der Waals surface area contributed by atoms with Gasteiger partial charge in [0.2, 0.25) is 0 Å². The highest BCUT2D eigenvalue weighted by atomic mass is 32.1. The van der Waals surface area contributed by atoms with E-state index in [9.17, 15) is 0 Å². The third-order valence-electron chi connectivity index (χ3n) is 3.49. The zero-order chi connectivity index (χ0) is 15.6. The number of rotatable bonds is 4. The number of aromatic nitrogens is 5. The number of imidazole rings is 1. The van der Waals surface area contributed by atoms with Gasteiger partial charge >= 0.3 is 0 Å². The fourth-order valence-corrected chi connectivity index (χ4v) is 3.22. The molecule has 4 rings (SSSR count). The molecule has 0 fully saturated rings. The topological polar surface area (TPSA) is 68.5 Å². The van der Waals surface area contributed by atoms with E-state index in [1.807, 2.05) is 29.1 Å². The molecule has 4 aromatic heterocycles. The lowest BCUT2D eigenvalue weighted by atomic mass is 10.2. The summed E-state index contributed by atoms with van der Waals surface area (Å²) >= 11 is 1.68. The molecule has 0 radical (unpaired) electrons. The molecule has 1 N–H and O–H groups in total. The number of hydrogen-bond acceptors (Lipinski definition) is 6. The van der Waals surface area contributed by atoms with Gasteiger partial charge < -0.3 is 5.32 Å². The largest absolute Gasteiger partial charge is 0.365 e. The van der Waals surface area contributed by atoms with Crippen molar-refractivity contribution >= 4 is 27.4 Å². The Hall–Kier alpha value is -2.80. The van der Waals surface area contributed by atoms with Crippen molar-refractivity contribution in [1.82, 2.24) is 24.5 Å². The average Bonchev–Trinajstić information content (AvgIpc) is 3.22. The van der Waals surface area contributed by atoms with Crippen molar-refractivity contribution in [2.45, 2.75) is 13.5 Å². The SMILES string of the molecule is Cc1cc2c(NCc3ccc(-n4ccnc4)nc3)ncnc2s1. The Bertz CT molecular complexity index is 927. The second kappa shape index (κ2) is 5.77. The van der Waals surface area contributed by atoms with Gasteiger partial charge in [-0.05, 0) is 24.6 Å². The molecule has 7 heteroatoms. The lowest BCUT2D eigenvalue weighted by Gasteiger charge is -2.07. The van der Waals surface area contributed by atoms with Gasteiger partial charge in [0, 0.05) is 30.0 Å². The molecule has 0 aliphatic carbocycles. The number of thiophene rings is 1. The van der Waals surface area contributed by atoms with Gasteiger partial charge in [0.15, 0.2) is 0 Å². The van der Waals surface area contributed by atoms with Gasteiger partial charge in [-0.2, -0.15) is 0 Å². The number of pyridine rings is 1. The summed E-state index contributed by atoms with van der Waals surface area (Å²) in [6.45, 7) is 2.74. The van der Waals surface area contributed by atoms with Crippen LogP contribution in [0.4, 0.5) is 5.82 Å². The zero-order valence-electron chi connectivity index (χ0n) is 12.5. The second-order valence-electron chi connectivity index (χ2n) is 5.15. The Labute approximate surface area is 136 Å². The van der Waals surface area contributed by atoms with Gasteiger partial charge in [-0.15, -0.1) is 11.3 Å². The second-order valence-corrected chi connectivity index (χ2v) is 6.38. The highest BCUT2D eigenvalue weighted by molar-refractivity contribution is 7.18. The molecule has 6 nitrogen and oxygen atoms in total. The first kappa shape index (κ1) is 13.8. The molecule has 0 unspecified atom stereocenters. The summed E-state index contributed by atoms with van der Waals surface area (Å²) in [4.78, 5) is 19.4. The molecule has 4 heterocycles. The summed E-state index contributed by atoms with van der Waals surface area (Å²) in [7, 11) is 0. The van der Waals surface area contributed by atoms with Crippen LogP contribution < -0.4 is 5.32 Å². The van der Waals surface area contributed by atoms with Crippen LogP contribution in [0.5, 0.6) is 0 Å². The minimum atomic E-state index is 0.665. The summed E-state index contributed by atoms with van der Waals surface area (Å²) in [6.07, 6.45) is 8.80. The molecule has 4 aromatic rings. The third-order valence-corrected chi connectivity index (χ3v) is 4.45. The highest BCUT2D eigenvalue weighted by Gasteiger charge is 2.06. The van der Waals surface area contributed by atoms with Crippen LogP contribution in [0.15, 0.2) is 49.4 Å². The Balaban J connectivity index is 1.52. The van der Waals surface area contributed by atoms with Gasteiger partial charge in [-0.3, -0.25) is 4.57 Å². The van der Waals surface area contributed by atoms with E-state index in [4.69, 9.17) is 0 Å². The van der Waals surface area contributed by atoms with E-state index in [0.717, 1.165) is 27.4 Å². The molecule has 0 saturated heterocycles. The Kier molecular flexibility index (Phi) is 3.47. The monoisotopic (exact) mass is 322 g/mol. The van der Waals surface area contributed by atoms with E-state index >= 15 is 0 Å². The van der Waals surface area contributed by atoms with Gasteiger partial charge in [0.05, 0.1) is 5.39 Å². The van der Waals surface area contributed by atoms with Crippen molar-refractivity contribution in [2.24, 2.45) is 0 Å². The lowest BCUT2D eigenvalue weighted by Crippen LogP contribution is -2.03. The van der Waals surface area contributed by atoms with Gasteiger partial charge in [-0.1, -0.05) is 6.07 Å². The molecule has 0 bridgehead atoms. The molecule has 0 aliphatic rings. The number of aryl methyl sites for hydroxylation is 1. The first-order valence-corrected chi connectivity index (χ1v) is 7.99. The van der Waals surface area contributed by atoms with Gasteiger partial charge in [0.1, 0.15) is 29.1 Å². The maximum absolute atomic E-state index is 4.45. The predicted molar refractivity (Wildman–Crippen MR) is 90.8 cm³/mol. The van der Waals surface area contributed by atoms with Crippen molar-refractivity contribution in [1.29, 1.82) is 0 Å². The molecule has 0 atom stereocenters. The predicted octanol–water partition coefficient (Wildman–Crippen LogP) is 3.19. The number of nitrogens with one attached hydrogen (secondary N) is 1. The summed E-state index contributed by atoms with van der Waals surface area (Å²) in [6, 6.07) is 6.14. The van der Waals surface area contributed by atoms with Crippen LogP contribution in [0.3, 0.4) is 0 Å². The number of hydrogen-bond donors (Lipinski definition) is 1. The van der Waals surface area contributed by atoms with Crippen LogP contribution in [0, 0.1) is 6.92 Å². The van der Waals surface area contributed by atoms with E-state index in [2.05, 4.69) is 38.2 Å². The van der Waals surface area contributed by atoms with Gasteiger partial charge in [-0.25, -0.2) is 19.9 Å². The highest BCUT2D eigenvalue weighted by Crippen LogP contribution is 2.27. The van der Waals surface area contributed by atoms with E-state index < -0.39 is 0 Å². The molecular weight excluding hydrogens is 308 g/mol. The van der Waals surface area contributed by atoms with E-state index in [-0.39, 0.29) is 0 Å². The van der Waals surface area contributed by atoms with Crippen LogP contribution in [-0.2, 0) is 6.54 Å². The first-order valence-electron chi connectivity index (χ1n) is 7.18. The average molecular weight is 322 g/mol. The molecule has 0 aliphatic heterocycles. The standard InChI is InChI=1S/C16H14N6S/c1-11-6-13-15(20-9-21-16(13)23-11)19-8-12-2-3-14(18-7-12)22-5-4-17-10-22/h2-7,9-10H,8H2,1H3,(H,19,20,21). The number of fused-ring (bicyclic) bond motifs is 1. The Morgan fingerprint density at radius 1 is 1.22 bits per heavy atom. The van der Waals surface area contributed by atoms with Crippen LogP contribution in [0.1, 0.15) is 10.4 Å². The summed E-state index contributed by atoms with van der Waals surface area (Å²) in [5, 5.41) is 4.44. The molecule has 0 aromatic carbocycles. The van der Waals surface area contributed by atoms with Crippen LogP contribution >= 0.6 is 11.3 Å². The van der Waals surface area contributed by atoms with Gasteiger partial charge in [0.25, 0.3) is 0 Å². The quantitative estimate of drug-likeness (QED) is 0.625. The molecule has 114 valence electrons. The lowest BCUT2D eigenvalue weighted by molar-refractivity contribution is 0.977. The third kappa shape index (κ3) is 2.78. The summed E-state index contributed by atoms with van der Waals surface area (Å²) in [5.74, 6) is 1.71. The van der Waals surface area contributed by atoms with Crippen molar-refractivity contribution in [3.8, 4) is 5.82 Å². The molecule has 0 saturated carbocycles. The van der Waals surface area contributed by atoms with Crippen LogP contribution in [-0.4, -0.2) is 24.5 Å². The van der Waals surface area contributed by atoms with E-state index in [1.165, 1.54) is 4.88 Å².